The Kier molecular flexibility index (Phi) is 6.04. The largest absolute Gasteiger partial charge is 0.431 e. The molecule has 14 heteroatoms. The number of rotatable bonds is 4. The Bertz CT molecular complexity index is 1310. The van der Waals surface area contributed by atoms with E-state index in [4.69, 9.17) is 0 Å². The predicted octanol–water partition coefficient (Wildman–Crippen LogP) is 0.424. The molecule has 1 unspecified atom stereocenters. The highest BCUT2D eigenvalue weighted by molar-refractivity contribution is 7.90. The second-order valence-electron chi connectivity index (χ2n) is 7.25. The van der Waals surface area contributed by atoms with Crippen LogP contribution in [0.1, 0.15) is 28.0 Å². The van der Waals surface area contributed by atoms with Crippen molar-refractivity contribution >= 4 is 15.9 Å². The number of sulfonamides is 1. The predicted molar refractivity (Wildman–Crippen MR) is 105 cm³/mol. The molecule has 32 heavy (non-hydrogen) atoms. The minimum Gasteiger partial charge on any atom is -0.315 e. The topological polar surface area (TPSA) is 119 Å². The zero-order valence-corrected chi connectivity index (χ0v) is 17.6. The summed E-state index contributed by atoms with van der Waals surface area (Å²) in [5.41, 5.74) is -5.68. The average Bonchev–Trinajstić information content (AvgIpc) is 3.20. The lowest BCUT2D eigenvalue weighted by atomic mass is 10.1. The number of carbonyl (C=O) groups excluding carboxylic acids is 1. The smallest absolute Gasteiger partial charge is 0.315 e. The van der Waals surface area contributed by atoms with Crippen LogP contribution in [0.5, 0.6) is 0 Å². The van der Waals surface area contributed by atoms with Gasteiger partial charge in [-0.3, -0.25) is 14.2 Å². The number of hydrogen-bond acceptors (Lipinski definition) is 6. The fourth-order valence-electron chi connectivity index (χ4n) is 3.36. The lowest BCUT2D eigenvalue weighted by molar-refractivity contribution is -0.144. The van der Waals surface area contributed by atoms with Gasteiger partial charge in [-0.1, -0.05) is 0 Å². The standard InChI is InChI=1S/C18H18F4N4O5S/c1-9-5-12(19)13(26-15(27)7-14(18(20,21)22)25(2)17(26)29)6-11(9)16(28)24-32(30,31)10-3-4-23-8-10/h5-7,10,23H,3-4,8H2,1-2H3,(H,24,28). The van der Waals surface area contributed by atoms with Crippen LogP contribution in [0.15, 0.2) is 27.8 Å². The second kappa shape index (κ2) is 8.16. The quantitative estimate of drug-likeness (QED) is 0.615. The average molecular weight is 478 g/mol. The number of halogens is 4. The molecule has 1 aliphatic heterocycles. The van der Waals surface area contributed by atoms with Gasteiger partial charge in [0.1, 0.15) is 11.5 Å². The van der Waals surface area contributed by atoms with Gasteiger partial charge in [0, 0.05) is 25.2 Å². The molecule has 2 heterocycles. The Morgan fingerprint density at radius 2 is 1.88 bits per heavy atom. The first-order valence-corrected chi connectivity index (χ1v) is 10.8. The Morgan fingerprint density at radius 1 is 1.22 bits per heavy atom. The number of carbonyl (C=O) groups is 1. The van der Waals surface area contributed by atoms with Crippen LogP contribution in [0.2, 0.25) is 0 Å². The Balaban J connectivity index is 2.11. The number of benzene rings is 1. The summed E-state index contributed by atoms with van der Waals surface area (Å²) in [6, 6.07) is 1.65. The van der Waals surface area contributed by atoms with Crippen molar-refractivity contribution in [2.45, 2.75) is 24.8 Å². The third kappa shape index (κ3) is 4.32. The normalized spacial score (nSPS) is 16.9. The first-order valence-electron chi connectivity index (χ1n) is 9.21. The van der Waals surface area contributed by atoms with Crippen LogP contribution in [0.3, 0.4) is 0 Å². The summed E-state index contributed by atoms with van der Waals surface area (Å²) in [5.74, 6) is -2.30. The van der Waals surface area contributed by atoms with Gasteiger partial charge in [-0.2, -0.15) is 13.2 Å². The van der Waals surface area contributed by atoms with Crippen molar-refractivity contribution in [1.29, 1.82) is 0 Å². The van der Waals surface area contributed by atoms with E-state index in [1.165, 1.54) is 6.92 Å². The summed E-state index contributed by atoms with van der Waals surface area (Å²) in [4.78, 5) is 37.3. The highest BCUT2D eigenvalue weighted by Crippen LogP contribution is 2.27. The first-order chi connectivity index (χ1) is 14.7. The number of aryl methyl sites for hydroxylation is 1. The fourth-order valence-corrected chi connectivity index (χ4v) is 4.66. The fraction of sp³-hybridized carbons (Fsp3) is 0.389. The number of nitrogens with one attached hydrogen (secondary N) is 2. The van der Waals surface area contributed by atoms with Gasteiger partial charge in [0.15, 0.2) is 0 Å². The molecule has 1 fully saturated rings. The van der Waals surface area contributed by atoms with Gasteiger partial charge in [0.25, 0.3) is 11.5 Å². The number of alkyl halides is 3. The molecule has 1 atom stereocenters. The van der Waals surface area contributed by atoms with Gasteiger partial charge in [0.2, 0.25) is 10.0 Å². The van der Waals surface area contributed by atoms with Crippen LogP contribution in [0.4, 0.5) is 17.6 Å². The molecular weight excluding hydrogens is 460 g/mol. The van der Waals surface area contributed by atoms with Gasteiger partial charge in [-0.15, -0.1) is 0 Å². The van der Waals surface area contributed by atoms with Crippen molar-refractivity contribution in [1.82, 2.24) is 19.2 Å². The van der Waals surface area contributed by atoms with Crippen LogP contribution >= 0.6 is 0 Å². The van der Waals surface area contributed by atoms with Crippen molar-refractivity contribution in [3.63, 3.8) is 0 Å². The van der Waals surface area contributed by atoms with E-state index in [9.17, 15) is 40.4 Å². The lowest BCUT2D eigenvalue weighted by Gasteiger charge is -2.16. The molecule has 1 aromatic heterocycles. The monoisotopic (exact) mass is 478 g/mol. The third-order valence-electron chi connectivity index (χ3n) is 5.08. The van der Waals surface area contributed by atoms with Crippen LogP contribution in [0.25, 0.3) is 5.69 Å². The maximum Gasteiger partial charge on any atom is 0.431 e. The maximum atomic E-state index is 14.6. The Hall–Kier alpha value is -3.00. The minimum absolute atomic E-state index is 0.0136. The number of nitrogens with zero attached hydrogens (tertiary/aromatic N) is 2. The van der Waals surface area contributed by atoms with Crippen LogP contribution < -0.4 is 21.3 Å². The summed E-state index contributed by atoms with van der Waals surface area (Å²) in [6.07, 6.45) is -4.74. The molecule has 1 saturated heterocycles. The van der Waals surface area contributed by atoms with Crippen molar-refractivity contribution in [3.8, 4) is 5.69 Å². The summed E-state index contributed by atoms with van der Waals surface area (Å²) >= 11 is 0. The molecule has 0 saturated carbocycles. The number of hydrogen-bond donors (Lipinski definition) is 2. The Morgan fingerprint density at radius 3 is 2.44 bits per heavy atom. The van der Waals surface area contributed by atoms with E-state index in [2.05, 4.69) is 5.32 Å². The molecule has 0 radical (unpaired) electrons. The van der Waals surface area contributed by atoms with Gasteiger partial charge in [-0.25, -0.2) is 26.9 Å². The minimum atomic E-state index is -5.01. The summed E-state index contributed by atoms with van der Waals surface area (Å²) in [5, 5.41) is 1.97. The van der Waals surface area contributed by atoms with Gasteiger partial charge < -0.3 is 5.32 Å². The SMILES string of the molecule is Cc1cc(F)c(-n2c(=O)cc(C(F)(F)F)n(C)c2=O)cc1C(=O)NS(=O)(=O)C1CCNC1. The molecule has 2 aromatic rings. The molecule has 1 aliphatic rings. The van der Waals surface area contributed by atoms with Crippen LogP contribution in [-0.2, 0) is 23.2 Å². The zero-order chi connectivity index (χ0) is 24.0. The first kappa shape index (κ1) is 23.7. The molecule has 2 N–H and O–H groups in total. The molecule has 1 amide bonds. The van der Waals surface area contributed by atoms with Gasteiger partial charge in [-0.05, 0) is 37.6 Å². The van der Waals surface area contributed by atoms with Crippen molar-refractivity contribution in [3.05, 3.63) is 61.7 Å². The molecular formula is C18H18F4N4O5S. The number of aromatic nitrogens is 2. The van der Waals surface area contributed by atoms with E-state index in [0.29, 0.717) is 6.54 Å². The number of amides is 1. The molecule has 174 valence electrons. The lowest BCUT2D eigenvalue weighted by Crippen LogP contribution is -2.41. The third-order valence-corrected chi connectivity index (χ3v) is 6.83. The molecule has 1 aromatic carbocycles. The van der Waals surface area contributed by atoms with E-state index in [0.717, 1.165) is 19.2 Å². The van der Waals surface area contributed by atoms with E-state index in [-0.39, 0.29) is 39.3 Å². The molecule has 0 aliphatic carbocycles. The Labute approximate surface area is 178 Å². The van der Waals surface area contributed by atoms with Crippen LogP contribution in [-0.4, -0.2) is 41.8 Å². The highest BCUT2D eigenvalue weighted by atomic mass is 32.2. The summed E-state index contributed by atoms with van der Waals surface area (Å²) in [6.45, 7) is 1.87. The summed E-state index contributed by atoms with van der Waals surface area (Å²) < 4.78 is 80.6. The van der Waals surface area contributed by atoms with Crippen LogP contribution in [0, 0.1) is 12.7 Å². The van der Waals surface area contributed by atoms with Crippen molar-refractivity contribution < 1.29 is 30.8 Å². The second-order valence-corrected chi connectivity index (χ2v) is 9.21. The van der Waals surface area contributed by atoms with Crippen molar-refractivity contribution in [2.75, 3.05) is 13.1 Å². The van der Waals surface area contributed by atoms with E-state index >= 15 is 0 Å². The molecule has 9 nitrogen and oxygen atoms in total. The maximum absolute atomic E-state index is 14.6. The molecule has 0 bridgehead atoms. The van der Waals surface area contributed by atoms with Gasteiger partial charge >= 0.3 is 11.9 Å². The van der Waals surface area contributed by atoms with E-state index < -0.39 is 55.8 Å². The molecule has 0 spiro atoms. The zero-order valence-electron chi connectivity index (χ0n) is 16.8. The molecule has 3 rings (SSSR count). The highest BCUT2D eigenvalue weighted by Gasteiger charge is 2.35. The van der Waals surface area contributed by atoms with E-state index in [1.54, 1.807) is 0 Å². The van der Waals surface area contributed by atoms with Gasteiger partial charge in [0.05, 0.1) is 10.9 Å². The van der Waals surface area contributed by atoms with Crippen molar-refractivity contribution in [2.24, 2.45) is 7.05 Å². The van der Waals surface area contributed by atoms with E-state index in [1.807, 2.05) is 4.72 Å². The summed E-state index contributed by atoms with van der Waals surface area (Å²) in [7, 11) is -3.32.